The Labute approximate surface area is 520 Å². The van der Waals surface area contributed by atoms with E-state index in [0.717, 1.165) is 14.7 Å². The average Bonchev–Trinajstić information content (AvgIpc) is 1.51. The summed E-state index contributed by atoms with van der Waals surface area (Å²) in [5.41, 5.74) is 0. The van der Waals surface area contributed by atoms with Gasteiger partial charge in [-0.2, -0.15) is 0 Å². The molecule has 0 aromatic carbocycles. The number of likely N-dealkylation sites (N-methyl/N-ethyl adjacent to an activating group) is 7. The minimum absolute atomic E-state index is 0.0584. The van der Waals surface area contributed by atoms with Crippen LogP contribution in [0.4, 0.5) is 0 Å². The molecule has 6 N–H and O–H groups in total. The minimum Gasteiger partial charge on any atom is -0.391 e. The highest BCUT2D eigenvalue weighted by atomic mass is 16.3. The van der Waals surface area contributed by atoms with E-state index in [1.165, 1.54) is 89.7 Å². The third kappa shape index (κ3) is 22.7. The van der Waals surface area contributed by atoms with Crippen LogP contribution in [-0.4, -0.2) is 238 Å². The van der Waals surface area contributed by atoms with Gasteiger partial charge in [0.05, 0.1) is 18.8 Å². The summed E-state index contributed by atoms with van der Waals surface area (Å²) >= 11 is 0. The highest BCUT2D eigenvalue weighted by Gasteiger charge is 2.45. The van der Waals surface area contributed by atoms with E-state index in [9.17, 15) is 48.6 Å². The van der Waals surface area contributed by atoms with Gasteiger partial charge in [0, 0.05) is 49.3 Å². The van der Waals surface area contributed by atoms with Crippen molar-refractivity contribution in [1.29, 1.82) is 0 Å². The Bertz CT molecular complexity index is 2380. The second kappa shape index (κ2) is 35.7. The molecule has 1 heterocycles. The van der Waals surface area contributed by atoms with E-state index in [1.807, 2.05) is 69.2 Å². The van der Waals surface area contributed by atoms with E-state index in [4.69, 9.17) is 0 Å². The van der Waals surface area contributed by atoms with E-state index < -0.39 is 156 Å². The molecule has 1 saturated heterocycles. The molecule has 24 nitrogen and oxygen atoms in total. The lowest BCUT2D eigenvalue weighted by Gasteiger charge is -2.41. The Morgan fingerprint density at radius 3 is 1.18 bits per heavy atom. The van der Waals surface area contributed by atoms with Crippen LogP contribution in [0.25, 0.3) is 0 Å². The number of rotatable bonds is 16. The molecule has 0 aromatic rings. The van der Waals surface area contributed by atoms with Gasteiger partial charge in [-0.05, 0) is 108 Å². The van der Waals surface area contributed by atoms with Crippen LogP contribution < -0.4 is 21.3 Å². The van der Waals surface area contributed by atoms with E-state index in [0.29, 0.717) is 0 Å². The van der Waals surface area contributed by atoms with Crippen LogP contribution in [0, 0.1) is 41.4 Å². The van der Waals surface area contributed by atoms with Gasteiger partial charge in [-0.15, -0.1) is 0 Å². The number of nitrogens with zero attached hydrogens (tertiary/aromatic N) is 7. The summed E-state index contributed by atoms with van der Waals surface area (Å²) in [7, 11) is 9.67. The lowest BCUT2D eigenvalue weighted by Crippen LogP contribution is -2.64. The normalized spacial score (nSPS) is 26.9. The molecule has 1 aliphatic heterocycles. The molecule has 498 valence electrons. The molecule has 1 aliphatic rings. The molecule has 0 radical (unpaired) electrons. The molecule has 0 aliphatic carbocycles. The topological polar surface area (TPSA) is 299 Å². The van der Waals surface area contributed by atoms with Crippen LogP contribution in [0.5, 0.6) is 0 Å². The second-order valence-electron chi connectivity index (χ2n) is 26.8. The molecule has 1 rings (SSSR count). The van der Waals surface area contributed by atoms with Gasteiger partial charge in [-0.1, -0.05) is 102 Å². The summed E-state index contributed by atoms with van der Waals surface area (Å²) in [4.78, 5) is 169. The Balaban J connectivity index is 4.40. The van der Waals surface area contributed by atoms with Crippen molar-refractivity contribution in [3.8, 4) is 0 Å². The summed E-state index contributed by atoms with van der Waals surface area (Å²) < 4.78 is 0. The van der Waals surface area contributed by atoms with Gasteiger partial charge in [0.1, 0.15) is 60.4 Å². The van der Waals surface area contributed by atoms with Crippen LogP contribution >= 0.6 is 0 Å². The number of amides is 11. The molecule has 0 aromatic heterocycles. The number of carbonyl (C=O) groups excluding carboxylic acids is 11. The van der Waals surface area contributed by atoms with Crippen molar-refractivity contribution in [2.75, 3.05) is 55.9 Å². The van der Waals surface area contributed by atoms with E-state index in [1.54, 1.807) is 39.8 Å². The third-order valence-corrected chi connectivity index (χ3v) is 16.2. The summed E-state index contributed by atoms with van der Waals surface area (Å²) in [5, 5.41) is 34.1. The van der Waals surface area contributed by atoms with Crippen LogP contribution in [0.3, 0.4) is 0 Å². The zero-order valence-electron chi connectivity index (χ0n) is 57.1. The first-order valence-electron chi connectivity index (χ1n) is 31.1. The summed E-state index contributed by atoms with van der Waals surface area (Å²) in [5.74, 6) is -10.2. The minimum atomic E-state index is -1.74. The van der Waals surface area contributed by atoms with Gasteiger partial charge in [-0.3, -0.25) is 52.7 Å². The second-order valence-corrected chi connectivity index (χ2v) is 26.8. The fourth-order valence-corrected chi connectivity index (χ4v) is 10.7. The van der Waals surface area contributed by atoms with Crippen molar-refractivity contribution < 1.29 is 63.0 Å². The van der Waals surface area contributed by atoms with Crippen molar-refractivity contribution in [2.24, 2.45) is 41.4 Å². The monoisotopic (exact) mass is 1230 g/mol. The van der Waals surface area contributed by atoms with Crippen LogP contribution in [0.15, 0.2) is 12.2 Å². The van der Waals surface area contributed by atoms with Crippen molar-refractivity contribution in [2.45, 2.75) is 229 Å². The number of hydrogen-bond acceptors (Lipinski definition) is 13. The Kier molecular flexibility index (Phi) is 32.4. The highest BCUT2D eigenvalue weighted by Crippen LogP contribution is 2.26. The number of aliphatic hydroxyl groups excluding tert-OH is 2. The molecule has 0 spiro atoms. The predicted molar refractivity (Wildman–Crippen MR) is 334 cm³/mol. The number of aliphatic hydroxyl groups is 2. The third-order valence-electron chi connectivity index (χ3n) is 16.2. The summed E-state index contributed by atoms with van der Waals surface area (Å²) in [6.45, 7) is 28.8. The zero-order valence-corrected chi connectivity index (χ0v) is 57.1. The van der Waals surface area contributed by atoms with E-state index in [2.05, 4.69) is 21.3 Å². The van der Waals surface area contributed by atoms with Crippen LogP contribution in [0.2, 0.25) is 0 Å². The molecule has 11 amide bonds. The van der Waals surface area contributed by atoms with Crippen molar-refractivity contribution >= 4 is 65.0 Å². The molecule has 0 saturated carbocycles. The molecule has 1 fully saturated rings. The number of hydrogen-bond donors (Lipinski definition) is 6. The number of nitrogens with one attached hydrogen (secondary N) is 4. The Morgan fingerprint density at radius 1 is 0.425 bits per heavy atom. The molecule has 24 heteroatoms. The highest BCUT2D eigenvalue weighted by molar-refractivity contribution is 5.99. The maximum Gasteiger partial charge on any atom is 0.248 e. The Morgan fingerprint density at radius 2 is 0.782 bits per heavy atom. The SMILES string of the molecule is C/C=C/CC(C)C(O)C1C(=O)NC(C(C)O)C(=O)N(C)CC(=O)N(C)C(CC(C)C)C(=O)NC(C(C)C)C(=O)N(C)C(CC(C)C)C(=O)NC(C)C(=O)NC(C)C(=O)N(C)C(CC(C)C)C(=O)N(C)C(CC(C)C)C(=O)N(C)C(CC(C)C)C(=O)N1C. The van der Waals surface area contributed by atoms with Gasteiger partial charge in [0.25, 0.3) is 0 Å². The summed E-state index contributed by atoms with van der Waals surface area (Å²) in [6, 6.07) is -13.1. The molecular formula is C63H113N11O13. The van der Waals surface area contributed by atoms with Crippen molar-refractivity contribution in [1.82, 2.24) is 55.6 Å². The van der Waals surface area contributed by atoms with Gasteiger partial charge in [0.15, 0.2) is 0 Å². The smallest absolute Gasteiger partial charge is 0.248 e. The first-order chi connectivity index (χ1) is 40.1. The molecule has 0 bridgehead atoms. The molecule has 87 heavy (non-hydrogen) atoms. The quantitative estimate of drug-likeness (QED) is 0.121. The fourth-order valence-electron chi connectivity index (χ4n) is 10.7. The number of carbonyl (C=O) groups is 11. The maximum atomic E-state index is 15.2. The van der Waals surface area contributed by atoms with E-state index in [-0.39, 0.29) is 68.1 Å². The van der Waals surface area contributed by atoms with E-state index >= 15 is 14.4 Å². The van der Waals surface area contributed by atoms with Crippen LogP contribution in [0.1, 0.15) is 156 Å². The largest absolute Gasteiger partial charge is 0.391 e. The molecule has 13 atom stereocenters. The first-order valence-corrected chi connectivity index (χ1v) is 31.1. The zero-order chi connectivity index (χ0) is 67.6. The summed E-state index contributed by atoms with van der Waals surface area (Å²) in [6.07, 6.45) is 1.18. The lowest BCUT2D eigenvalue weighted by atomic mass is 9.91. The van der Waals surface area contributed by atoms with Gasteiger partial charge >= 0.3 is 0 Å². The standard InChI is InChI=1S/C63H113N11O13/c1-25-26-27-40(14)53(77)52-57(81)67-51(43(17)75)62(86)68(18)33-49(76)69(19)44(28-34(2)3)56(80)66-50(39(12)13)63(87)70(20)45(29-35(4)5)55(79)64-41(15)54(78)65-42(16)58(82)71(21)46(30-36(6)7)59(83)72(22)47(31-37(8)9)60(84)73(23)48(32-38(10)11)61(85)74(52)24/h25-26,34-48,50-53,75,77H,27-33H2,1-24H3,(H,64,79)(H,65,78)(H,66,80)(H,67,81)/b26-25+. The molecular weight excluding hydrogens is 1120 g/mol. The van der Waals surface area contributed by atoms with Gasteiger partial charge in [-0.25, -0.2) is 0 Å². The van der Waals surface area contributed by atoms with Gasteiger partial charge in [0.2, 0.25) is 65.0 Å². The average molecular weight is 1230 g/mol. The van der Waals surface area contributed by atoms with Crippen molar-refractivity contribution in [3.63, 3.8) is 0 Å². The predicted octanol–water partition coefficient (Wildman–Crippen LogP) is 2.63. The lowest BCUT2D eigenvalue weighted by molar-refractivity contribution is -0.157. The molecule has 13 unspecified atom stereocenters. The first kappa shape index (κ1) is 78.8. The van der Waals surface area contributed by atoms with Crippen LogP contribution in [-0.2, 0) is 52.7 Å². The number of allylic oxidation sites excluding steroid dienone is 2. The van der Waals surface area contributed by atoms with Gasteiger partial charge < -0.3 is 65.8 Å². The Hall–Kier alpha value is -6.17. The maximum absolute atomic E-state index is 15.2. The fraction of sp³-hybridized carbons (Fsp3) is 0.794. The van der Waals surface area contributed by atoms with Crippen molar-refractivity contribution in [3.05, 3.63) is 12.2 Å².